The predicted molar refractivity (Wildman–Crippen MR) is 95.5 cm³/mol. The monoisotopic (exact) mass is 393 g/mol. The molecule has 0 aliphatic carbocycles. The summed E-state index contributed by atoms with van der Waals surface area (Å²) in [5.41, 5.74) is 0.0245. The summed E-state index contributed by atoms with van der Waals surface area (Å²) in [6.07, 6.45) is 1.05. The van der Waals surface area contributed by atoms with Crippen LogP contribution in [0.4, 0.5) is 20.6 Å². The minimum absolute atomic E-state index is 0.222. The zero-order chi connectivity index (χ0) is 18.8. The molecule has 3 rings (SSSR count). The molecule has 6 nitrogen and oxygen atoms in total. The first-order valence-corrected chi connectivity index (χ1v) is 8.06. The second kappa shape index (κ2) is 7.23. The van der Waals surface area contributed by atoms with E-state index in [4.69, 9.17) is 23.2 Å². The Labute approximate surface area is 157 Å². The largest absolute Gasteiger partial charge is 0.335 e. The average Bonchev–Trinajstić information content (AvgIpc) is 2.57. The fourth-order valence-corrected chi connectivity index (χ4v) is 2.78. The van der Waals surface area contributed by atoms with Gasteiger partial charge < -0.3 is 0 Å². The van der Waals surface area contributed by atoms with Crippen molar-refractivity contribution in [1.82, 2.24) is 5.32 Å². The third-order valence-corrected chi connectivity index (χ3v) is 4.11. The van der Waals surface area contributed by atoms with E-state index in [0.717, 1.165) is 12.3 Å². The van der Waals surface area contributed by atoms with E-state index >= 15 is 0 Å². The van der Waals surface area contributed by atoms with Gasteiger partial charge in [-0.2, -0.15) is 0 Å². The van der Waals surface area contributed by atoms with E-state index < -0.39 is 29.6 Å². The van der Waals surface area contributed by atoms with Crippen molar-refractivity contribution in [3.63, 3.8) is 0 Å². The highest BCUT2D eigenvalue weighted by Crippen LogP contribution is 2.28. The molecule has 0 bridgehead atoms. The van der Waals surface area contributed by atoms with E-state index in [9.17, 15) is 18.8 Å². The lowest BCUT2D eigenvalue weighted by Gasteiger charge is -2.28. The number of halogens is 3. The Balaban J connectivity index is 1.93. The first-order valence-electron chi connectivity index (χ1n) is 7.31. The van der Waals surface area contributed by atoms with Crippen LogP contribution in [0.3, 0.4) is 0 Å². The molecule has 4 amide bonds. The van der Waals surface area contributed by atoms with Crippen LogP contribution in [0.15, 0.2) is 47.5 Å². The first kappa shape index (κ1) is 18.0. The second-order valence-corrected chi connectivity index (χ2v) is 6.11. The minimum atomic E-state index is -1.42. The minimum Gasteiger partial charge on any atom is -0.276 e. The number of imide groups is 2. The van der Waals surface area contributed by atoms with Crippen LogP contribution in [0.1, 0.15) is 0 Å². The van der Waals surface area contributed by atoms with E-state index in [1.807, 2.05) is 5.32 Å². The lowest BCUT2D eigenvalue weighted by Crippen LogP contribution is -2.58. The molecule has 2 aromatic rings. The van der Waals surface area contributed by atoms with Crippen LogP contribution in [0.5, 0.6) is 0 Å². The van der Waals surface area contributed by atoms with Gasteiger partial charge in [-0.05, 0) is 30.3 Å². The fraction of sp³-hybridized carbons (Fsp3) is 0.0588. The Kier molecular flexibility index (Phi) is 5.01. The van der Waals surface area contributed by atoms with E-state index in [2.05, 4.69) is 4.99 Å². The quantitative estimate of drug-likeness (QED) is 0.637. The van der Waals surface area contributed by atoms with Crippen molar-refractivity contribution in [2.24, 2.45) is 10.9 Å². The van der Waals surface area contributed by atoms with E-state index in [1.165, 1.54) is 36.4 Å². The number of anilines is 1. The summed E-state index contributed by atoms with van der Waals surface area (Å²) in [6, 6.07) is 8.71. The number of amides is 4. The van der Waals surface area contributed by atoms with Crippen molar-refractivity contribution in [3.8, 4) is 0 Å². The molecule has 1 aliphatic heterocycles. The number of benzene rings is 2. The molecule has 132 valence electrons. The number of rotatable bonds is 3. The molecular formula is C17H10Cl2FN3O3. The number of hydrogen-bond donors (Lipinski definition) is 1. The SMILES string of the molecule is O=C1NC(=O)N(c2ccccc2F)C(=O)[C@@H]1C=Nc1ccc(Cl)cc1Cl. The zero-order valence-electron chi connectivity index (χ0n) is 12.9. The number of carbonyl (C=O) groups is 3. The maximum absolute atomic E-state index is 14.0. The molecule has 26 heavy (non-hydrogen) atoms. The van der Waals surface area contributed by atoms with Gasteiger partial charge in [0.25, 0.3) is 5.91 Å². The lowest BCUT2D eigenvalue weighted by atomic mass is 10.1. The second-order valence-electron chi connectivity index (χ2n) is 5.27. The van der Waals surface area contributed by atoms with Crippen molar-refractivity contribution in [1.29, 1.82) is 0 Å². The van der Waals surface area contributed by atoms with Crippen LogP contribution in [-0.2, 0) is 9.59 Å². The summed E-state index contributed by atoms with van der Waals surface area (Å²) in [4.78, 5) is 41.2. The van der Waals surface area contributed by atoms with Gasteiger partial charge in [0.2, 0.25) is 5.91 Å². The molecule has 0 spiro atoms. The average molecular weight is 394 g/mol. The summed E-state index contributed by atoms with van der Waals surface area (Å²) in [5.74, 6) is -3.97. The summed E-state index contributed by atoms with van der Waals surface area (Å²) in [5, 5.41) is 2.63. The van der Waals surface area contributed by atoms with Crippen LogP contribution >= 0.6 is 23.2 Å². The Morgan fingerprint density at radius 1 is 1.12 bits per heavy atom. The van der Waals surface area contributed by atoms with E-state index in [1.54, 1.807) is 0 Å². The highest BCUT2D eigenvalue weighted by molar-refractivity contribution is 6.36. The smallest absolute Gasteiger partial charge is 0.276 e. The van der Waals surface area contributed by atoms with Gasteiger partial charge in [0.05, 0.1) is 16.4 Å². The van der Waals surface area contributed by atoms with Crippen molar-refractivity contribution < 1.29 is 18.8 Å². The molecule has 0 saturated carbocycles. The van der Waals surface area contributed by atoms with Gasteiger partial charge >= 0.3 is 6.03 Å². The topological polar surface area (TPSA) is 78.8 Å². The molecule has 1 fully saturated rings. The van der Waals surface area contributed by atoms with Crippen LogP contribution in [0.25, 0.3) is 0 Å². The Morgan fingerprint density at radius 2 is 1.85 bits per heavy atom. The highest BCUT2D eigenvalue weighted by Gasteiger charge is 2.41. The number of barbiturate groups is 1. The molecule has 9 heteroatoms. The van der Waals surface area contributed by atoms with Gasteiger partial charge in [-0.25, -0.2) is 14.1 Å². The molecule has 2 aromatic carbocycles. The number of hydrogen-bond acceptors (Lipinski definition) is 4. The third-order valence-electron chi connectivity index (χ3n) is 3.57. The number of urea groups is 1. The predicted octanol–water partition coefficient (Wildman–Crippen LogP) is 3.73. The van der Waals surface area contributed by atoms with Crippen LogP contribution < -0.4 is 10.2 Å². The molecule has 1 aliphatic rings. The van der Waals surface area contributed by atoms with Crippen LogP contribution in [-0.4, -0.2) is 24.1 Å². The fourth-order valence-electron chi connectivity index (χ4n) is 2.32. The highest BCUT2D eigenvalue weighted by atomic mass is 35.5. The molecule has 1 atom stereocenters. The normalized spacial score (nSPS) is 17.7. The van der Waals surface area contributed by atoms with Crippen LogP contribution in [0, 0.1) is 11.7 Å². The number of nitrogens with zero attached hydrogens (tertiary/aromatic N) is 2. The summed E-state index contributed by atoms with van der Waals surface area (Å²) < 4.78 is 14.0. The Bertz CT molecular complexity index is 949. The molecule has 1 N–H and O–H groups in total. The van der Waals surface area contributed by atoms with Crippen molar-refractivity contribution in [2.75, 3.05) is 4.90 Å². The van der Waals surface area contributed by atoms with Gasteiger partial charge in [-0.15, -0.1) is 0 Å². The number of carbonyl (C=O) groups excluding carboxylic acids is 3. The van der Waals surface area contributed by atoms with Gasteiger partial charge in [-0.1, -0.05) is 35.3 Å². The standard InChI is InChI=1S/C17H10Cl2FN3O3/c18-9-5-6-13(11(19)7-9)21-8-10-15(24)22-17(26)23(16(10)25)14-4-2-1-3-12(14)20/h1-8,10H,(H,22,24,26)/t10-/m1/s1. The van der Waals surface area contributed by atoms with Crippen molar-refractivity contribution in [3.05, 3.63) is 58.3 Å². The van der Waals surface area contributed by atoms with Gasteiger partial charge in [-0.3, -0.25) is 19.9 Å². The molecule has 0 radical (unpaired) electrons. The number of nitrogens with one attached hydrogen (secondary N) is 1. The van der Waals surface area contributed by atoms with Gasteiger partial charge in [0.1, 0.15) is 5.82 Å². The zero-order valence-corrected chi connectivity index (χ0v) is 14.5. The van der Waals surface area contributed by atoms with Crippen molar-refractivity contribution in [2.45, 2.75) is 0 Å². The third kappa shape index (κ3) is 3.44. The Hall–Kier alpha value is -2.77. The van der Waals surface area contributed by atoms with E-state index in [-0.39, 0.29) is 16.4 Å². The van der Waals surface area contributed by atoms with E-state index in [0.29, 0.717) is 9.92 Å². The summed E-state index contributed by atoms with van der Waals surface area (Å²) >= 11 is 11.8. The van der Waals surface area contributed by atoms with Gasteiger partial charge in [0.15, 0.2) is 5.92 Å². The maximum Gasteiger partial charge on any atom is 0.335 e. The molecule has 1 heterocycles. The molecular weight excluding hydrogens is 384 g/mol. The summed E-state index contributed by atoms with van der Waals surface area (Å²) in [6.45, 7) is 0. The Morgan fingerprint density at radius 3 is 2.54 bits per heavy atom. The van der Waals surface area contributed by atoms with Crippen LogP contribution in [0.2, 0.25) is 10.0 Å². The number of para-hydroxylation sites is 1. The first-order chi connectivity index (χ1) is 12.4. The lowest BCUT2D eigenvalue weighted by molar-refractivity contribution is -0.131. The summed E-state index contributed by atoms with van der Waals surface area (Å²) in [7, 11) is 0. The number of aliphatic imine (C=N–C) groups is 1. The molecule has 1 saturated heterocycles. The van der Waals surface area contributed by atoms with Gasteiger partial charge in [0, 0.05) is 11.2 Å². The van der Waals surface area contributed by atoms with Crippen molar-refractivity contribution >= 4 is 58.6 Å². The molecule has 0 unspecified atom stereocenters. The maximum atomic E-state index is 14.0. The molecule has 0 aromatic heterocycles.